The summed E-state index contributed by atoms with van der Waals surface area (Å²) >= 11 is 0. The molecule has 0 aromatic rings. The van der Waals surface area contributed by atoms with Gasteiger partial charge in [0.25, 0.3) is 0 Å². The number of allylic oxidation sites excluding steroid dienone is 2. The Bertz CT molecular complexity index is 268. The first-order valence-corrected chi connectivity index (χ1v) is 4.72. The van der Waals surface area contributed by atoms with E-state index < -0.39 is 0 Å². The number of esters is 1. The zero-order valence-corrected chi connectivity index (χ0v) is 8.76. The van der Waals surface area contributed by atoms with Crippen molar-refractivity contribution >= 4 is 5.97 Å². The normalized spacial score (nSPS) is 18.7. The van der Waals surface area contributed by atoms with Gasteiger partial charge >= 0.3 is 5.97 Å². The van der Waals surface area contributed by atoms with Crippen LogP contribution in [0.4, 0.5) is 0 Å². The molecule has 0 spiro atoms. The van der Waals surface area contributed by atoms with Crippen LogP contribution in [0.3, 0.4) is 0 Å². The molecule has 1 saturated heterocycles. The molecule has 0 bridgehead atoms. The topological polar surface area (TPSA) is 35.5 Å². The average molecular weight is 196 g/mol. The fraction of sp³-hybridized carbons (Fsp3) is 0.545. The quantitative estimate of drug-likeness (QED) is 0.394. The first-order chi connectivity index (χ1) is 6.65. The molecule has 1 heterocycles. The predicted molar refractivity (Wildman–Crippen MR) is 53.7 cm³/mol. The van der Waals surface area contributed by atoms with Crippen LogP contribution in [0.2, 0.25) is 0 Å². The molecule has 0 aliphatic carbocycles. The Morgan fingerprint density at radius 2 is 2.36 bits per heavy atom. The molecule has 3 heteroatoms. The molecule has 0 atom stereocenters. The molecule has 1 aliphatic rings. The summed E-state index contributed by atoms with van der Waals surface area (Å²) in [5.41, 5.74) is 1.56. The highest BCUT2D eigenvalue weighted by atomic mass is 16.5. The maximum atomic E-state index is 11.4. The highest BCUT2D eigenvalue weighted by Gasteiger charge is 2.20. The number of ether oxygens (including phenoxy) is 2. The minimum absolute atomic E-state index is 0.301. The second-order valence-corrected chi connectivity index (χ2v) is 3.48. The Morgan fingerprint density at radius 3 is 2.79 bits per heavy atom. The van der Waals surface area contributed by atoms with E-state index in [1.165, 1.54) is 7.11 Å². The summed E-state index contributed by atoms with van der Waals surface area (Å²) in [7, 11) is 1.39. The molecule has 0 N–H and O–H groups in total. The van der Waals surface area contributed by atoms with Crippen LogP contribution in [0, 0.1) is 0 Å². The number of carbonyl (C=O) groups is 1. The summed E-state index contributed by atoms with van der Waals surface area (Å²) in [6.45, 7) is 6.37. The molecule has 1 rings (SSSR count). The van der Waals surface area contributed by atoms with Gasteiger partial charge in [0.15, 0.2) is 0 Å². The van der Waals surface area contributed by atoms with Crippen molar-refractivity contribution in [2.24, 2.45) is 0 Å². The Hall–Kier alpha value is -1.25. The lowest BCUT2D eigenvalue weighted by molar-refractivity contribution is -0.136. The highest BCUT2D eigenvalue weighted by Crippen LogP contribution is 2.24. The molecule has 0 saturated carbocycles. The van der Waals surface area contributed by atoms with E-state index in [4.69, 9.17) is 9.47 Å². The zero-order valence-electron chi connectivity index (χ0n) is 8.76. The zero-order chi connectivity index (χ0) is 10.6. The van der Waals surface area contributed by atoms with Crippen LogP contribution in [0.1, 0.15) is 26.2 Å². The maximum Gasteiger partial charge on any atom is 0.337 e. The van der Waals surface area contributed by atoms with Crippen LogP contribution in [-0.4, -0.2) is 19.7 Å². The van der Waals surface area contributed by atoms with E-state index in [0.717, 1.165) is 24.2 Å². The van der Waals surface area contributed by atoms with Crippen molar-refractivity contribution in [3.63, 3.8) is 0 Å². The third kappa shape index (κ3) is 2.62. The Kier molecular flexibility index (Phi) is 3.74. The molecule has 0 radical (unpaired) electrons. The fourth-order valence-corrected chi connectivity index (χ4v) is 1.45. The number of rotatable bonds is 3. The van der Waals surface area contributed by atoms with Crippen LogP contribution in [0.5, 0.6) is 0 Å². The van der Waals surface area contributed by atoms with Crippen molar-refractivity contribution in [3.8, 4) is 0 Å². The van der Waals surface area contributed by atoms with Crippen LogP contribution in [-0.2, 0) is 14.3 Å². The maximum absolute atomic E-state index is 11.4. The minimum Gasteiger partial charge on any atom is -0.497 e. The fourth-order valence-electron chi connectivity index (χ4n) is 1.45. The lowest BCUT2D eigenvalue weighted by atomic mass is 10.1. The molecule has 1 fully saturated rings. The standard InChI is InChI=1S/C11H16O3/c1-8(2)7-9(11(12)13-3)10-5-4-6-14-10/h1,4-7H2,2-3H3/b10-9+. The number of hydrogen-bond donors (Lipinski definition) is 0. The number of hydrogen-bond acceptors (Lipinski definition) is 3. The van der Waals surface area contributed by atoms with E-state index in [1.807, 2.05) is 6.92 Å². The van der Waals surface area contributed by atoms with Gasteiger partial charge in [0.1, 0.15) is 5.76 Å². The molecule has 1 aliphatic heterocycles. The van der Waals surface area contributed by atoms with E-state index in [2.05, 4.69) is 6.58 Å². The van der Waals surface area contributed by atoms with Gasteiger partial charge in [-0.2, -0.15) is 0 Å². The van der Waals surface area contributed by atoms with Gasteiger partial charge in [0, 0.05) is 12.8 Å². The second kappa shape index (κ2) is 4.84. The van der Waals surface area contributed by atoms with Gasteiger partial charge in [-0.05, 0) is 13.3 Å². The monoisotopic (exact) mass is 196 g/mol. The van der Waals surface area contributed by atoms with Crippen LogP contribution in [0.15, 0.2) is 23.5 Å². The second-order valence-electron chi connectivity index (χ2n) is 3.48. The summed E-state index contributed by atoms with van der Waals surface area (Å²) in [6.07, 6.45) is 2.35. The molecule has 3 nitrogen and oxygen atoms in total. The van der Waals surface area contributed by atoms with Crippen LogP contribution in [0.25, 0.3) is 0 Å². The van der Waals surface area contributed by atoms with Gasteiger partial charge < -0.3 is 9.47 Å². The van der Waals surface area contributed by atoms with Crippen molar-refractivity contribution in [2.45, 2.75) is 26.2 Å². The largest absolute Gasteiger partial charge is 0.497 e. The van der Waals surface area contributed by atoms with E-state index in [9.17, 15) is 4.79 Å². The molecule has 78 valence electrons. The Morgan fingerprint density at radius 1 is 1.64 bits per heavy atom. The minimum atomic E-state index is -0.301. The van der Waals surface area contributed by atoms with Gasteiger partial charge in [-0.15, -0.1) is 0 Å². The van der Waals surface area contributed by atoms with E-state index >= 15 is 0 Å². The van der Waals surface area contributed by atoms with Gasteiger partial charge in [-0.3, -0.25) is 0 Å². The number of methoxy groups -OCH3 is 1. The summed E-state index contributed by atoms with van der Waals surface area (Å²) < 4.78 is 10.1. The first-order valence-electron chi connectivity index (χ1n) is 4.72. The van der Waals surface area contributed by atoms with E-state index in [1.54, 1.807) is 0 Å². The molecule has 0 aromatic carbocycles. The average Bonchev–Trinajstić information content (AvgIpc) is 2.65. The SMILES string of the molecule is C=C(C)C/C(C(=O)OC)=C1/CCCO1. The molecule has 0 aromatic heterocycles. The van der Waals surface area contributed by atoms with Crippen molar-refractivity contribution in [1.29, 1.82) is 0 Å². The molecule has 14 heavy (non-hydrogen) atoms. The van der Waals surface area contributed by atoms with Gasteiger partial charge in [0.05, 0.1) is 19.3 Å². The molecular formula is C11H16O3. The lowest BCUT2D eigenvalue weighted by Gasteiger charge is -2.08. The van der Waals surface area contributed by atoms with Crippen LogP contribution >= 0.6 is 0 Å². The highest BCUT2D eigenvalue weighted by molar-refractivity contribution is 5.89. The molecule has 0 unspecified atom stereocenters. The van der Waals surface area contributed by atoms with Crippen molar-refractivity contribution in [2.75, 3.05) is 13.7 Å². The van der Waals surface area contributed by atoms with Crippen molar-refractivity contribution in [1.82, 2.24) is 0 Å². The Labute approximate surface area is 84.4 Å². The molecule has 0 amide bonds. The third-order valence-electron chi connectivity index (χ3n) is 2.07. The number of carbonyl (C=O) groups excluding carboxylic acids is 1. The lowest BCUT2D eigenvalue weighted by Crippen LogP contribution is -2.08. The summed E-state index contributed by atoms with van der Waals surface area (Å²) in [6, 6.07) is 0. The van der Waals surface area contributed by atoms with Crippen molar-refractivity contribution in [3.05, 3.63) is 23.5 Å². The van der Waals surface area contributed by atoms with E-state index in [0.29, 0.717) is 18.6 Å². The molecular weight excluding hydrogens is 180 g/mol. The predicted octanol–water partition coefficient (Wildman–Crippen LogP) is 2.19. The summed E-state index contributed by atoms with van der Waals surface area (Å²) in [4.78, 5) is 11.4. The van der Waals surface area contributed by atoms with Crippen LogP contribution < -0.4 is 0 Å². The summed E-state index contributed by atoms with van der Waals surface area (Å²) in [5, 5.41) is 0. The smallest absolute Gasteiger partial charge is 0.337 e. The van der Waals surface area contributed by atoms with E-state index in [-0.39, 0.29) is 5.97 Å². The first kappa shape index (κ1) is 10.8. The third-order valence-corrected chi connectivity index (χ3v) is 2.07. The van der Waals surface area contributed by atoms with Gasteiger partial charge in [-0.25, -0.2) is 4.79 Å². The summed E-state index contributed by atoms with van der Waals surface area (Å²) in [5.74, 6) is 0.477. The van der Waals surface area contributed by atoms with Crippen molar-refractivity contribution < 1.29 is 14.3 Å². The van der Waals surface area contributed by atoms with Gasteiger partial charge in [-0.1, -0.05) is 12.2 Å². The Balaban J connectivity index is 2.85. The van der Waals surface area contributed by atoms with Gasteiger partial charge in [0.2, 0.25) is 0 Å².